The maximum absolute atomic E-state index is 12.8. The zero-order chi connectivity index (χ0) is 33.8. The van der Waals surface area contributed by atoms with Crippen LogP contribution in [0.2, 0.25) is 0 Å². The number of hydrogen-bond acceptors (Lipinski definition) is 11. The molecule has 3 N–H and O–H groups in total. The van der Waals surface area contributed by atoms with Crippen LogP contribution in [-0.2, 0) is 14.3 Å². The monoisotopic (exact) mass is 646 g/mol. The summed E-state index contributed by atoms with van der Waals surface area (Å²) in [7, 11) is 7.65. The Labute approximate surface area is 279 Å². The number of fused-ring (bicyclic) bond motifs is 1. The Bertz CT molecular complexity index is 1450. The summed E-state index contributed by atoms with van der Waals surface area (Å²) in [6, 6.07) is 1.85. The number of carbonyl (C=O) groups excluding carboxylic acids is 2. The molecular formula is C34H50N10O3. The Balaban J connectivity index is 1.31. The van der Waals surface area contributed by atoms with Crippen molar-refractivity contribution < 1.29 is 14.3 Å². The van der Waals surface area contributed by atoms with Gasteiger partial charge in [-0.3, -0.25) is 14.6 Å². The van der Waals surface area contributed by atoms with Crippen molar-refractivity contribution in [3.63, 3.8) is 0 Å². The molecule has 0 saturated carbocycles. The number of likely N-dealkylation sites (tertiary alicyclic amines) is 1. The fraction of sp³-hybridized carbons (Fsp3) is 0.559. The number of likely N-dealkylation sites (N-methyl/N-ethyl adjacent to an activating group) is 1. The fourth-order valence-corrected chi connectivity index (χ4v) is 5.54. The fourth-order valence-electron chi connectivity index (χ4n) is 5.54. The predicted octanol–water partition coefficient (Wildman–Crippen LogP) is 3.17. The zero-order valence-electron chi connectivity index (χ0n) is 28.7. The van der Waals surface area contributed by atoms with Gasteiger partial charge in [-0.05, 0) is 52.8 Å². The van der Waals surface area contributed by atoms with E-state index in [2.05, 4.69) is 69.8 Å². The molecule has 2 aromatic rings. The number of pyridine rings is 1. The van der Waals surface area contributed by atoms with Crippen molar-refractivity contribution in [2.24, 2.45) is 0 Å². The van der Waals surface area contributed by atoms with Crippen molar-refractivity contribution >= 4 is 35.1 Å². The van der Waals surface area contributed by atoms with E-state index in [1.54, 1.807) is 30.5 Å². The Morgan fingerprint density at radius 3 is 2.81 bits per heavy atom. The third kappa shape index (κ3) is 9.63. The SMILES string of the molecule is CCCNc1nc(Nc2cnc3c(c2)C(C)N(C)N3CCOC)ncc1C#CCCCNC(=O)[C@@H]1CCCN1C(=O)/C=C/CN(C)C. The third-order valence-electron chi connectivity index (χ3n) is 8.20. The molecule has 1 fully saturated rings. The van der Waals surface area contributed by atoms with E-state index in [9.17, 15) is 9.59 Å². The lowest BCUT2D eigenvalue weighted by molar-refractivity contribution is -0.135. The molecule has 0 radical (unpaired) electrons. The first-order valence-electron chi connectivity index (χ1n) is 16.5. The largest absolute Gasteiger partial charge is 0.383 e. The van der Waals surface area contributed by atoms with Crippen molar-refractivity contribution in [1.29, 1.82) is 0 Å². The lowest BCUT2D eigenvalue weighted by atomic mass is 10.1. The van der Waals surface area contributed by atoms with E-state index in [4.69, 9.17) is 14.7 Å². The highest BCUT2D eigenvalue weighted by Gasteiger charge is 2.33. The topological polar surface area (TPSA) is 131 Å². The summed E-state index contributed by atoms with van der Waals surface area (Å²) in [5, 5.41) is 14.0. The number of unbranched alkanes of at least 4 members (excludes halogenated alkanes) is 1. The van der Waals surface area contributed by atoms with Crippen LogP contribution in [0.1, 0.15) is 63.1 Å². The molecule has 0 aromatic carbocycles. The van der Waals surface area contributed by atoms with Gasteiger partial charge in [-0.2, -0.15) is 4.98 Å². The third-order valence-corrected chi connectivity index (χ3v) is 8.20. The number of carbonyl (C=O) groups is 2. The molecule has 2 amide bonds. The van der Waals surface area contributed by atoms with Crippen LogP contribution in [0, 0.1) is 11.8 Å². The molecule has 47 heavy (non-hydrogen) atoms. The summed E-state index contributed by atoms with van der Waals surface area (Å²) in [6.07, 6.45) is 10.7. The summed E-state index contributed by atoms with van der Waals surface area (Å²) in [4.78, 5) is 43.1. The molecule has 1 saturated heterocycles. The van der Waals surface area contributed by atoms with Gasteiger partial charge in [0.1, 0.15) is 17.7 Å². The molecular weight excluding hydrogens is 596 g/mol. The van der Waals surface area contributed by atoms with E-state index in [1.165, 1.54) is 0 Å². The van der Waals surface area contributed by atoms with E-state index in [1.807, 2.05) is 25.1 Å². The lowest BCUT2D eigenvalue weighted by Crippen LogP contribution is -2.45. The molecule has 2 aliphatic heterocycles. The molecule has 2 aliphatic rings. The molecule has 13 nitrogen and oxygen atoms in total. The zero-order valence-corrected chi connectivity index (χ0v) is 28.7. The molecule has 1 unspecified atom stereocenters. The minimum Gasteiger partial charge on any atom is -0.383 e. The number of hydrazine groups is 1. The first kappa shape index (κ1) is 35.6. The highest BCUT2D eigenvalue weighted by atomic mass is 16.5. The van der Waals surface area contributed by atoms with Crippen LogP contribution in [0.5, 0.6) is 0 Å². The molecule has 13 heteroatoms. The summed E-state index contributed by atoms with van der Waals surface area (Å²) >= 11 is 0. The summed E-state index contributed by atoms with van der Waals surface area (Å²) in [5.74, 6) is 8.24. The van der Waals surface area contributed by atoms with Gasteiger partial charge < -0.3 is 30.5 Å². The minimum absolute atomic E-state index is 0.101. The molecule has 0 aliphatic carbocycles. The normalized spacial score (nSPS) is 17.6. The van der Waals surface area contributed by atoms with E-state index >= 15 is 0 Å². The predicted molar refractivity (Wildman–Crippen MR) is 185 cm³/mol. The van der Waals surface area contributed by atoms with Gasteiger partial charge >= 0.3 is 0 Å². The molecule has 4 heterocycles. The number of amides is 2. The number of nitrogens with one attached hydrogen (secondary N) is 3. The summed E-state index contributed by atoms with van der Waals surface area (Å²) in [5.41, 5.74) is 2.65. The van der Waals surface area contributed by atoms with E-state index < -0.39 is 6.04 Å². The van der Waals surface area contributed by atoms with Crippen LogP contribution in [0.4, 0.5) is 23.3 Å². The Hall–Kier alpha value is -4.25. The quantitative estimate of drug-likeness (QED) is 0.150. The second-order valence-corrected chi connectivity index (χ2v) is 12.1. The maximum atomic E-state index is 12.8. The van der Waals surface area contributed by atoms with Crippen molar-refractivity contribution in [2.45, 2.75) is 58.0 Å². The van der Waals surface area contributed by atoms with Gasteiger partial charge in [0.05, 0.1) is 42.8 Å². The second kappa shape index (κ2) is 17.6. The number of anilines is 4. The van der Waals surface area contributed by atoms with E-state index in [0.717, 1.165) is 43.0 Å². The smallest absolute Gasteiger partial charge is 0.246 e. The van der Waals surface area contributed by atoms with Crippen molar-refractivity contribution in [3.8, 4) is 11.8 Å². The second-order valence-electron chi connectivity index (χ2n) is 12.1. The van der Waals surface area contributed by atoms with E-state index in [0.29, 0.717) is 62.8 Å². The Kier molecular flexibility index (Phi) is 13.3. The maximum Gasteiger partial charge on any atom is 0.246 e. The molecule has 2 atom stereocenters. The summed E-state index contributed by atoms with van der Waals surface area (Å²) < 4.78 is 5.28. The van der Waals surface area contributed by atoms with Gasteiger partial charge in [0.25, 0.3) is 0 Å². The van der Waals surface area contributed by atoms with Gasteiger partial charge in [-0.15, -0.1) is 0 Å². The minimum atomic E-state index is -0.415. The van der Waals surface area contributed by atoms with Gasteiger partial charge in [0.2, 0.25) is 17.8 Å². The Morgan fingerprint density at radius 2 is 2.04 bits per heavy atom. The standard InChI is InChI=1S/C34H50N10O3/c1-7-16-35-31-26(13-9-8-10-17-36-33(46)29-14-11-19-43(29)30(45)15-12-18-41(3)4)23-38-34(40-31)39-27-22-28-25(2)42(5)44(20-21-47-6)32(28)37-24-27/h12,15,22-25,29H,7-8,10-11,14,16-21H2,1-6H3,(H,36,46)(H2,35,38,39,40)/b15-12+/t25?,29-/m0/s1. The van der Waals surface area contributed by atoms with Gasteiger partial charge in [0, 0.05) is 58.4 Å². The number of methoxy groups -OCH3 is 1. The van der Waals surface area contributed by atoms with Crippen LogP contribution in [-0.4, -0.2) is 115 Å². The number of hydrogen-bond donors (Lipinski definition) is 3. The van der Waals surface area contributed by atoms with Crippen LogP contribution in [0.15, 0.2) is 30.6 Å². The molecule has 4 rings (SSSR count). The number of aromatic nitrogens is 3. The highest BCUT2D eigenvalue weighted by molar-refractivity contribution is 5.93. The Morgan fingerprint density at radius 1 is 1.21 bits per heavy atom. The number of ether oxygens (including phenoxy) is 1. The van der Waals surface area contributed by atoms with Crippen molar-refractivity contribution in [3.05, 3.63) is 41.7 Å². The first-order chi connectivity index (χ1) is 22.7. The number of nitrogens with zero attached hydrogens (tertiary/aromatic N) is 7. The van der Waals surface area contributed by atoms with Crippen molar-refractivity contribution in [2.75, 3.05) is 83.2 Å². The number of rotatable bonds is 15. The average Bonchev–Trinajstić information content (AvgIpc) is 3.64. The lowest BCUT2D eigenvalue weighted by Gasteiger charge is -2.28. The summed E-state index contributed by atoms with van der Waals surface area (Å²) in [6.45, 7) is 8.13. The molecule has 0 bridgehead atoms. The van der Waals surface area contributed by atoms with Crippen LogP contribution in [0.3, 0.4) is 0 Å². The van der Waals surface area contributed by atoms with Gasteiger partial charge in [-0.1, -0.05) is 24.8 Å². The highest BCUT2D eigenvalue weighted by Crippen LogP contribution is 2.38. The first-order valence-corrected chi connectivity index (χ1v) is 16.5. The molecule has 0 spiro atoms. The van der Waals surface area contributed by atoms with Gasteiger partial charge in [-0.25, -0.2) is 15.0 Å². The average molecular weight is 647 g/mol. The van der Waals surface area contributed by atoms with Crippen LogP contribution >= 0.6 is 0 Å². The molecule has 254 valence electrons. The van der Waals surface area contributed by atoms with Crippen molar-refractivity contribution in [1.82, 2.24) is 35.1 Å². The van der Waals surface area contributed by atoms with E-state index in [-0.39, 0.29) is 17.9 Å². The van der Waals surface area contributed by atoms with Gasteiger partial charge in [0.15, 0.2) is 0 Å². The van der Waals surface area contributed by atoms with Crippen LogP contribution in [0.25, 0.3) is 0 Å². The molecule has 2 aromatic heterocycles. The van der Waals surface area contributed by atoms with Crippen LogP contribution < -0.4 is 21.0 Å².